The first-order chi connectivity index (χ1) is 9.31. The van der Waals surface area contributed by atoms with E-state index in [1.807, 2.05) is 6.07 Å². The first-order valence-electron chi connectivity index (χ1n) is 6.12. The third-order valence-electron chi connectivity index (χ3n) is 2.70. The van der Waals surface area contributed by atoms with Crippen molar-refractivity contribution in [3.8, 4) is 6.07 Å². The molecule has 7 heteroatoms. The highest BCUT2D eigenvalue weighted by Gasteiger charge is 2.22. The van der Waals surface area contributed by atoms with Crippen molar-refractivity contribution in [2.24, 2.45) is 0 Å². The Morgan fingerprint density at radius 3 is 2.60 bits per heavy atom. The third-order valence-corrected chi connectivity index (χ3v) is 4.24. The zero-order chi connectivity index (χ0) is 15.3. The van der Waals surface area contributed by atoms with Gasteiger partial charge in [0.25, 0.3) is 0 Å². The Hall–Kier alpha value is -1.91. The number of hydrogen-bond acceptors (Lipinski definition) is 4. The van der Waals surface area contributed by atoms with Crippen LogP contribution in [0.25, 0.3) is 0 Å². The fraction of sp³-hybridized carbons (Fsp3) is 0.385. The molecule has 0 heterocycles. The van der Waals surface area contributed by atoms with E-state index < -0.39 is 16.1 Å². The summed E-state index contributed by atoms with van der Waals surface area (Å²) < 4.78 is 26.6. The quantitative estimate of drug-likeness (QED) is 0.834. The van der Waals surface area contributed by atoms with Crippen molar-refractivity contribution >= 4 is 15.9 Å². The predicted molar refractivity (Wildman–Crippen MR) is 74.4 cm³/mol. The Kier molecular flexibility index (Phi) is 5.25. The van der Waals surface area contributed by atoms with Gasteiger partial charge in [-0.1, -0.05) is 0 Å². The molecule has 0 radical (unpaired) electrons. The first-order valence-corrected chi connectivity index (χ1v) is 7.61. The monoisotopic (exact) mass is 295 g/mol. The van der Waals surface area contributed by atoms with E-state index in [-0.39, 0.29) is 10.8 Å². The van der Waals surface area contributed by atoms with E-state index in [1.165, 1.54) is 25.1 Å². The summed E-state index contributed by atoms with van der Waals surface area (Å²) in [6.07, 6.45) is 0. The van der Waals surface area contributed by atoms with Crippen LogP contribution in [-0.2, 0) is 14.8 Å². The Labute approximate surface area is 118 Å². The van der Waals surface area contributed by atoms with Gasteiger partial charge >= 0.3 is 0 Å². The van der Waals surface area contributed by atoms with E-state index in [2.05, 4.69) is 10.0 Å². The lowest BCUT2D eigenvalue weighted by atomic mass is 10.1. The van der Waals surface area contributed by atoms with Crippen LogP contribution in [0.15, 0.2) is 23.1 Å². The SMILES string of the molecule is CCNC(=O)C(C)NS(=O)(=O)c1ccc(C#N)c(C)c1. The summed E-state index contributed by atoms with van der Waals surface area (Å²) in [5, 5.41) is 11.4. The summed E-state index contributed by atoms with van der Waals surface area (Å²) in [5.41, 5.74) is 0.988. The maximum Gasteiger partial charge on any atom is 0.241 e. The van der Waals surface area contributed by atoms with Crippen LogP contribution in [0, 0.1) is 18.3 Å². The van der Waals surface area contributed by atoms with Gasteiger partial charge in [0.15, 0.2) is 0 Å². The second kappa shape index (κ2) is 6.50. The average Bonchev–Trinajstić information content (AvgIpc) is 2.38. The molecule has 6 nitrogen and oxygen atoms in total. The topological polar surface area (TPSA) is 99.1 Å². The summed E-state index contributed by atoms with van der Waals surface area (Å²) in [6, 6.07) is 5.30. The van der Waals surface area contributed by atoms with Crippen LogP contribution in [0.5, 0.6) is 0 Å². The van der Waals surface area contributed by atoms with Gasteiger partial charge in [-0.25, -0.2) is 8.42 Å². The summed E-state index contributed by atoms with van der Waals surface area (Å²) >= 11 is 0. The number of sulfonamides is 1. The van der Waals surface area contributed by atoms with Gasteiger partial charge in [-0.3, -0.25) is 4.79 Å². The van der Waals surface area contributed by atoms with Crippen molar-refractivity contribution < 1.29 is 13.2 Å². The molecule has 0 spiro atoms. The van der Waals surface area contributed by atoms with Crippen molar-refractivity contribution in [2.75, 3.05) is 6.54 Å². The summed E-state index contributed by atoms with van der Waals surface area (Å²) in [7, 11) is -3.79. The van der Waals surface area contributed by atoms with Crippen LogP contribution in [0.4, 0.5) is 0 Å². The maximum absolute atomic E-state index is 12.1. The van der Waals surface area contributed by atoms with Crippen molar-refractivity contribution in [1.82, 2.24) is 10.0 Å². The number of likely N-dealkylation sites (N-methyl/N-ethyl adjacent to an activating group) is 1. The Bertz CT molecular complexity index is 647. The van der Waals surface area contributed by atoms with Crippen molar-refractivity contribution in [3.05, 3.63) is 29.3 Å². The molecule has 2 N–H and O–H groups in total. The van der Waals surface area contributed by atoms with E-state index in [0.717, 1.165) is 0 Å². The molecule has 1 aromatic rings. The van der Waals surface area contributed by atoms with Crippen molar-refractivity contribution in [2.45, 2.75) is 31.7 Å². The molecule has 1 unspecified atom stereocenters. The minimum atomic E-state index is -3.79. The van der Waals surface area contributed by atoms with Gasteiger partial charge in [0, 0.05) is 6.54 Å². The molecule has 0 bridgehead atoms. The van der Waals surface area contributed by atoms with Gasteiger partial charge in [0.1, 0.15) is 0 Å². The van der Waals surface area contributed by atoms with Crippen LogP contribution >= 0.6 is 0 Å². The van der Waals surface area contributed by atoms with Gasteiger partial charge < -0.3 is 5.32 Å². The molecule has 0 aliphatic rings. The van der Waals surface area contributed by atoms with Crippen LogP contribution in [0.2, 0.25) is 0 Å². The van der Waals surface area contributed by atoms with Crippen molar-refractivity contribution in [1.29, 1.82) is 5.26 Å². The molecule has 0 saturated carbocycles. The summed E-state index contributed by atoms with van der Waals surface area (Å²) in [6.45, 7) is 5.31. The molecular weight excluding hydrogens is 278 g/mol. The normalized spacial score (nSPS) is 12.5. The fourth-order valence-electron chi connectivity index (χ4n) is 1.61. The van der Waals surface area contributed by atoms with E-state index in [9.17, 15) is 13.2 Å². The number of aryl methyl sites for hydroxylation is 1. The van der Waals surface area contributed by atoms with E-state index >= 15 is 0 Å². The molecule has 0 aliphatic heterocycles. The number of rotatable bonds is 5. The predicted octanol–water partition coefficient (Wildman–Crippen LogP) is 0.670. The summed E-state index contributed by atoms with van der Waals surface area (Å²) in [4.78, 5) is 11.6. The largest absolute Gasteiger partial charge is 0.355 e. The number of benzene rings is 1. The van der Waals surface area contributed by atoms with Gasteiger partial charge in [0.2, 0.25) is 15.9 Å². The number of carbonyl (C=O) groups excluding carboxylic acids is 1. The lowest BCUT2D eigenvalue weighted by molar-refractivity contribution is -0.122. The summed E-state index contributed by atoms with van der Waals surface area (Å²) in [5.74, 6) is -0.388. The van der Waals surface area contributed by atoms with Gasteiger partial charge in [-0.2, -0.15) is 9.98 Å². The van der Waals surface area contributed by atoms with Crippen LogP contribution in [0.3, 0.4) is 0 Å². The highest BCUT2D eigenvalue weighted by Crippen LogP contribution is 2.15. The van der Waals surface area contributed by atoms with E-state index in [1.54, 1.807) is 13.8 Å². The molecule has 1 amide bonds. The molecule has 1 atom stereocenters. The first kappa shape index (κ1) is 16.1. The maximum atomic E-state index is 12.1. The fourth-order valence-corrected chi connectivity index (χ4v) is 2.90. The molecule has 0 saturated heterocycles. The highest BCUT2D eigenvalue weighted by atomic mass is 32.2. The standard InChI is InChI=1S/C13H17N3O3S/c1-4-15-13(17)10(3)16-20(18,19)12-6-5-11(8-14)9(2)7-12/h5-7,10,16H,4H2,1-3H3,(H,15,17). The lowest BCUT2D eigenvalue weighted by Gasteiger charge is -2.14. The number of nitrogens with zero attached hydrogens (tertiary/aromatic N) is 1. The smallest absolute Gasteiger partial charge is 0.241 e. The zero-order valence-corrected chi connectivity index (χ0v) is 12.4. The number of carbonyl (C=O) groups is 1. The molecule has 1 rings (SSSR count). The van der Waals surface area contributed by atoms with Gasteiger partial charge in [-0.15, -0.1) is 0 Å². The number of amides is 1. The average molecular weight is 295 g/mol. The van der Waals surface area contributed by atoms with E-state index in [0.29, 0.717) is 17.7 Å². The molecule has 0 aliphatic carbocycles. The van der Waals surface area contributed by atoms with E-state index in [4.69, 9.17) is 5.26 Å². The molecule has 20 heavy (non-hydrogen) atoms. The molecule has 1 aromatic carbocycles. The van der Waals surface area contributed by atoms with Crippen LogP contribution < -0.4 is 10.0 Å². The second-order valence-electron chi connectivity index (χ2n) is 4.33. The number of hydrogen-bond donors (Lipinski definition) is 2. The Balaban J connectivity index is 2.98. The minimum absolute atomic E-state index is 0.0325. The third kappa shape index (κ3) is 3.79. The molecule has 0 fully saturated rings. The highest BCUT2D eigenvalue weighted by molar-refractivity contribution is 7.89. The number of nitriles is 1. The second-order valence-corrected chi connectivity index (χ2v) is 6.04. The lowest BCUT2D eigenvalue weighted by Crippen LogP contribution is -2.44. The molecule has 0 aromatic heterocycles. The van der Waals surface area contributed by atoms with Crippen LogP contribution in [-0.4, -0.2) is 26.9 Å². The Morgan fingerprint density at radius 1 is 1.45 bits per heavy atom. The van der Waals surface area contributed by atoms with Crippen LogP contribution in [0.1, 0.15) is 25.0 Å². The van der Waals surface area contributed by atoms with Gasteiger partial charge in [-0.05, 0) is 44.5 Å². The Morgan fingerprint density at radius 2 is 2.10 bits per heavy atom. The minimum Gasteiger partial charge on any atom is -0.355 e. The van der Waals surface area contributed by atoms with Gasteiger partial charge in [0.05, 0.1) is 22.6 Å². The van der Waals surface area contributed by atoms with Crippen molar-refractivity contribution in [3.63, 3.8) is 0 Å². The molecule has 108 valence electrons. The molecular formula is C13H17N3O3S. The number of nitrogens with one attached hydrogen (secondary N) is 2. The zero-order valence-electron chi connectivity index (χ0n) is 11.6.